The Balaban J connectivity index is 0.000000109. The van der Waals surface area contributed by atoms with Crippen molar-refractivity contribution in [2.45, 2.75) is 12.8 Å². The second kappa shape index (κ2) is 8.04. The molecule has 150 valence electrons. The third-order valence-electron chi connectivity index (χ3n) is 4.71. The molecule has 8 nitrogen and oxygen atoms in total. The fraction of sp³-hybridized carbons (Fsp3) is 0.0909. The number of hydrogen-bond acceptors (Lipinski definition) is 4. The lowest BCUT2D eigenvalue weighted by Gasteiger charge is -1.93. The van der Waals surface area contributed by atoms with E-state index in [-0.39, 0.29) is 11.8 Å². The molecule has 1 aromatic heterocycles. The number of carbonyl (C=O) groups is 4. The van der Waals surface area contributed by atoms with E-state index < -0.39 is 11.7 Å². The van der Waals surface area contributed by atoms with Gasteiger partial charge in [-0.05, 0) is 29.3 Å². The molecule has 3 aliphatic rings. The van der Waals surface area contributed by atoms with Crippen LogP contribution in [0.2, 0.25) is 0 Å². The summed E-state index contributed by atoms with van der Waals surface area (Å²) in [5.74, 6) is -0.843. The van der Waals surface area contributed by atoms with Crippen molar-refractivity contribution in [3.63, 3.8) is 0 Å². The van der Waals surface area contributed by atoms with Crippen LogP contribution in [0.15, 0.2) is 60.8 Å². The number of Topliss-reactive ketones (excluding diaryl/α,β-unsaturated/α-hetero) is 1. The largest absolute Gasteiger partial charge is 0.357 e. The number of carbonyl (C=O) groups excluding carboxylic acids is 4. The molecule has 0 unspecified atom stereocenters. The van der Waals surface area contributed by atoms with Gasteiger partial charge in [-0.2, -0.15) is 0 Å². The third kappa shape index (κ3) is 3.97. The molecule has 0 saturated carbocycles. The number of amides is 3. The Morgan fingerprint density at radius 1 is 0.600 bits per heavy atom. The number of benzene rings is 2. The Morgan fingerprint density at radius 2 is 1.13 bits per heavy atom. The maximum Gasteiger partial charge on any atom is 0.298 e. The predicted molar refractivity (Wildman–Crippen MR) is 111 cm³/mol. The van der Waals surface area contributed by atoms with E-state index in [2.05, 4.69) is 20.9 Å². The average Bonchev–Trinajstić information content (AvgIpc) is 3.47. The molecule has 4 N–H and O–H groups in total. The molecule has 0 bridgehead atoms. The first kappa shape index (κ1) is 19.1. The molecular formula is C22H18N4O4. The molecule has 3 aromatic rings. The first-order chi connectivity index (χ1) is 14.5. The van der Waals surface area contributed by atoms with Crippen molar-refractivity contribution in [1.82, 2.24) is 4.98 Å². The van der Waals surface area contributed by atoms with Crippen LogP contribution in [0.3, 0.4) is 0 Å². The molecule has 0 spiro atoms. The highest BCUT2D eigenvalue weighted by Gasteiger charge is 2.28. The Labute approximate surface area is 171 Å². The SMILES string of the molecule is O=C1Cc2ccccc2N1.O=C1Cc2ccccc2N1.O=C1Nc2cc[nH]c2C1=O. The zero-order valence-corrected chi connectivity index (χ0v) is 15.8. The van der Waals surface area contributed by atoms with Crippen LogP contribution in [-0.2, 0) is 27.2 Å². The minimum Gasteiger partial charge on any atom is -0.357 e. The Morgan fingerprint density at radius 3 is 1.63 bits per heavy atom. The van der Waals surface area contributed by atoms with Gasteiger partial charge in [0.15, 0.2) is 0 Å². The van der Waals surface area contributed by atoms with Crippen LogP contribution >= 0.6 is 0 Å². The number of ketones is 1. The van der Waals surface area contributed by atoms with E-state index in [0.717, 1.165) is 22.5 Å². The van der Waals surface area contributed by atoms with Crippen LogP contribution in [0.25, 0.3) is 0 Å². The van der Waals surface area contributed by atoms with Crippen LogP contribution < -0.4 is 16.0 Å². The van der Waals surface area contributed by atoms with Gasteiger partial charge in [-0.3, -0.25) is 19.2 Å². The van der Waals surface area contributed by atoms with Crippen molar-refractivity contribution in [1.29, 1.82) is 0 Å². The molecule has 6 rings (SSSR count). The van der Waals surface area contributed by atoms with E-state index in [9.17, 15) is 19.2 Å². The van der Waals surface area contributed by atoms with Crippen molar-refractivity contribution >= 4 is 40.6 Å². The smallest absolute Gasteiger partial charge is 0.298 e. The quantitative estimate of drug-likeness (QED) is 0.432. The summed E-state index contributed by atoms with van der Waals surface area (Å²) in [4.78, 5) is 45.7. The number of anilines is 3. The number of aromatic amines is 1. The topological polar surface area (TPSA) is 120 Å². The van der Waals surface area contributed by atoms with Gasteiger partial charge in [0.05, 0.1) is 18.5 Å². The number of aromatic nitrogens is 1. The van der Waals surface area contributed by atoms with Gasteiger partial charge in [0.2, 0.25) is 11.8 Å². The van der Waals surface area contributed by atoms with Gasteiger partial charge in [0.25, 0.3) is 11.7 Å². The lowest BCUT2D eigenvalue weighted by molar-refractivity contribution is -0.115. The van der Waals surface area contributed by atoms with E-state index in [1.54, 1.807) is 12.3 Å². The summed E-state index contributed by atoms with van der Waals surface area (Å²) in [5.41, 5.74) is 5.08. The van der Waals surface area contributed by atoms with E-state index >= 15 is 0 Å². The van der Waals surface area contributed by atoms with Crippen molar-refractivity contribution in [3.05, 3.63) is 77.6 Å². The summed E-state index contributed by atoms with van der Waals surface area (Å²) >= 11 is 0. The number of fused-ring (bicyclic) bond motifs is 3. The van der Waals surface area contributed by atoms with Gasteiger partial charge in [-0.15, -0.1) is 0 Å². The maximum atomic E-state index is 10.8. The lowest BCUT2D eigenvalue weighted by Crippen LogP contribution is -2.13. The fourth-order valence-corrected chi connectivity index (χ4v) is 3.28. The van der Waals surface area contributed by atoms with Crippen LogP contribution in [0, 0.1) is 0 Å². The standard InChI is InChI=1S/2C8H7NO.C6H4N2O2/c2*10-8-5-6-3-1-2-4-7(6)9-8;9-5-4-3(1-2-7-4)8-6(5)10/h2*1-4H,5H2,(H,9,10);1-2,7H,(H,8,9,10). The average molecular weight is 402 g/mol. The van der Waals surface area contributed by atoms with E-state index in [1.165, 1.54) is 0 Å². The van der Waals surface area contributed by atoms with Crippen molar-refractivity contribution in [2.75, 3.05) is 16.0 Å². The maximum absolute atomic E-state index is 10.8. The number of H-pyrrole nitrogens is 1. The molecule has 2 aromatic carbocycles. The van der Waals surface area contributed by atoms with Gasteiger partial charge in [-0.1, -0.05) is 36.4 Å². The van der Waals surface area contributed by atoms with Gasteiger partial charge in [0.1, 0.15) is 5.69 Å². The lowest BCUT2D eigenvalue weighted by atomic mass is 10.2. The molecule has 0 aliphatic carbocycles. The molecule has 0 fully saturated rings. The highest BCUT2D eigenvalue weighted by molar-refractivity contribution is 6.51. The first-order valence-electron chi connectivity index (χ1n) is 9.30. The Hall–Kier alpha value is -4.20. The zero-order valence-electron chi connectivity index (χ0n) is 15.8. The highest BCUT2D eigenvalue weighted by atomic mass is 16.2. The highest BCUT2D eigenvalue weighted by Crippen LogP contribution is 2.22. The van der Waals surface area contributed by atoms with Crippen molar-refractivity contribution < 1.29 is 19.2 Å². The molecule has 0 radical (unpaired) electrons. The minimum absolute atomic E-state index is 0.0983. The molecule has 3 aliphatic heterocycles. The second-order valence-electron chi connectivity index (χ2n) is 6.81. The van der Waals surface area contributed by atoms with Gasteiger partial charge in [0, 0.05) is 17.6 Å². The summed E-state index contributed by atoms with van der Waals surface area (Å²) in [5, 5.41) is 7.92. The van der Waals surface area contributed by atoms with Crippen LogP contribution in [0.5, 0.6) is 0 Å². The van der Waals surface area contributed by atoms with Crippen LogP contribution in [0.1, 0.15) is 21.6 Å². The molecular weight excluding hydrogens is 384 g/mol. The van der Waals surface area contributed by atoms with Crippen molar-refractivity contribution in [2.24, 2.45) is 0 Å². The summed E-state index contributed by atoms with van der Waals surface area (Å²) < 4.78 is 0. The summed E-state index contributed by atoms with van der Waals surface area (Å²) in [6.07, 6.45) is 2.69. The van der Waals surface area contributed by atoms with Gasteiger partial charge < -0.3 is 20.9 Å². The first-order valence-corrected chi connectivity index (χ1v) is 9.30. The van der Waals surface area contributed by atoms with E-state index in [0.29, 0.717) is 24.2 Å². The third-order valence-corrected chi connectivity index (χ3v) is 4.71. The van der Waals surface area contributed by atoms with Crippen LogP contribution in [-0.4, -0.2) is 28.5 Å². The number of para-hydroxylation sites is 2. The van der Waals surface area contributed by atoms with E-state index in [1.807, 2.05) is 48.5 Å². The number of hydrogen-bond donors (Lipinski definition) is 4. The molecule has 0 saturated heterocycles. The zero-order chi connectivity index (χ0) is 21.1. The molecule has 0 atom stereocenters. The summed E-state index contributed by atoms with van der Waals surface area (Å²) in [6.45, 7) is 0. The predicted octanol–water partition coefficient (Wildman–Crippen LogP) is 2.51. The van der Waals surface area contributed by atoms with Gasteiger partial charge in [-0.25, -0.2) is 0 Å². The van der Waals surface area contributed by atoms with E-state index in [4.69, 9.17) is 0 Å². The summed E-state index contributed by atoms with van der Waals surface area (Å²) in [6, 6.07) is 17.1. The van der Waals surface area contributed by atoms with Crippen molar-refractivity contribution in [3.8, 4) is 0 Å². The molecule has 3 amide bonds. The Bertz CT molecular complexity index is 1050. The monoisotopic (exact) mass is 402 g/mol. The Kier molecular flexibility index (Phi) is 5.13. The number of nitrogens with one attached hydrogen (secondary N) is 4. The number of rotatable bonds is 0. The second-order valence-corrected chi connectivity index (χ2v) is 6.81. The van der Waals surface area contributed by atoms with Gasteiger partial charge >= 0.3 is 0 Å². The molecule has 30 heavy (non-hydrogen) atoms. The minimum atomic E-state index is -0.554. The molecule has 4 heterocycles. The normalized spacial score (nSPS) is 14.8. The summed E-state index contributed by atoms with van der Waals surface area (Å²) in [7, 11) is 0. The molecule has 8 heteroatoms. The van der Waals surface area contributed by atoms with Crippen LogP contribution in [0.4, 0.5) is 17.1 Å². The fourth-order valence-electron chi connectivity index (χ4n) is 3.28.